The summed E-state index contributed by atoms with van der Waals surface area (Å²) >= 11 is 0. The van der Waals surface area contributed by atoms with E-state index in [1.54, 1.807) is 0 Å². The monoisotopic (exact) mass is 256 g/mol. The molecule has 1 aromatic rings. The number of rotatable bonds is 8. The van der Waals surface area contributed by atoms with Crippen LogP contribution in [-0.4, -0.2) is 36.2 Å². The van der Waals surface area contributed by atoms with Crippen LogP contribution in [0.1, 0.15) is 38.6 Å². The summed E-state index contributed by atoms with van der Waals surface area (Å²) in [5.41, 5.74) is 0. The Hall–Kier alpha value is -1.27. The summed E-state index contributed by atoms with van der Waals surface area (Å²) in [6.07, 6.45) is -0.109. The SMILES string of the molecule is CCOC(c1noc(CC(=O)COC)n1)C(C)C. The van der Waals surface area contributed by atoms with Crippen LogP contribution >= 0.6 is 0 Å². The lowest BCUT2D eigenvalue weighted by atomic mass is 10.1. The molecule has 1 rings (SSSR count). The van der Waals surface area contributed by atoms with Gasteiger partial charge in [-0.1, -0.05) is 19.0 Å². The van der Waals surface area contributed by atoms with Crippen molar-refractivity contribution in [1.29, 1.82) is 0 Å². The molecule has 18 heavy (non-hydrogen) atoms. The highest BCUT2D eigenvalue weighted by atomic mass is 16.5. The minimum absolute atomic E-state index is 0.0524. The molecule has 6 heteroatoms. The van der Waals surface area contributed by atoms with Crippen LogP contribution in [0.25, 0.3) is 0 Å². The zero-order chi connectivity index (χ0) is 13.5. The van der Waals surface area contributed by atoms with Crippen molar-refractivity contribution in [1.82, 2.24) is 10.1 Å². The van der Waals surface area contributed by atoms with Gasteiger partial charge >= 0.3 is 0 Å². The molecule has 6 nitrogen and oxygen atoms in total. The van der Waals surface area contributed by atoms with Crippen molar-refractivity contribution in [2.45, 2.75) is 33.3 Å². The Balaban J connectivity index is 2.68. The number of methoxy groups -OCH3 is 1. The number of hydrogen-bond donors (Lipinski definition) is 0. The van der Waals surface area contributed by atoms with Crippen molar-refractivity contribution < 1.29 is 18.8 Å². The van der Waals surface area contributed by atoms with Crippen LogP contribution in [-0.2, 0) is 20.7 Å². The van der Waals surface area contributed by atoms with Gasteiger partial charge in [-0.05, 0) is 12.8 Å². The number of carbonyl (C=O) groups excluding carboxylic acids is 1. The predicted molar refractivity (Wildman–Crippen MR) is 64.1 cm³/mol. The van der Waals surface area contributed by atoms with Crippen molar-refractivity contribution in [3.05, 3.63) is 11.7 Å². The van der Waals surface area contributed by atoms with Gasteiger partial charge in [0.25, 0.3) is 0 Å². The van der Waals surface area contributed by atoms with E-state index in [-0.39, 0.29) is 30.8 Å². The van der Waals surface area contributed by atoms with Crippen LogP contribution in [0.4, 0.5) is 0 Å². The lowest BCUT2D eigenvalue weighted by molar-refractivity contribution is -0.122. The normalized spacial score (nSPS) is 12.9. The zero-order valence-electron chi connectivity index (χ0n) is 11.3. The summed E-state index contributed by atoms with van der Waals surface area (Å²) in [5.74, 6) is 0.944. The molecule has 1 aromatic heterocycles. The number of Topliss-reactive ketones (excluding diaryl/α,β-unsaturated/α-hetero) is 1. The molecule has 0 spiro atoms. The molecule has 1 heterocycles. The predicted octanol–water partition coefficient (Wildman–Crippen LogP) is 1.56. The van der Waals surface area contributed by atoms with Crippen LogP contribution in [0, 0.1) is 5.92 Å². The third-order valence-electron chi connectivity index (χ3n) is 2.34. The Morgan fingerprint density at radius 1 is 1.44 bits per heavy atom. The first kappa shape index (κ1) is 14.8. The van der Waals surface area contributed by atoms with E-state index in [2.05, 4.69) is 10.1 Å². The average Bonchev–Trinajstić information content (AvgIpc) is 2.73. The standard InChI is InChI=1S/C12H20N2O4/c1-5-17-11(8(2)3)12-13-10(18-14-12)6-9(15)7-16-4/h8,11H,5-7H2,1-4H3. The maximum Gasteiger partial charge on any atom is 0.234 e. The van der Waals surface area contributed by atoms with E-state index in [0.717, 1.165) is 0 Å². The highest BCUT2D eigenvalue weighted by Gasteiger charge is 2.22. The van der Waals surface area contributed by atoms with Crippen molar-refractivity contribution in [2.75, 3.05) is 20.3 Å². The Kier molecular flexibility index (Phi) is 5.94. The first-order valence-corrected chi connectivity index (χ1v) is 6.03. The second kappa shape index (κ2) is 7.23. The van der Waals surface area contributed by atoms with Gasteiger partial charge in [0.15, 0.2) is 5.78 Å². The van der Waals surface area contributed by atoms with Crippen LogP contribution in [0.2, 0.25) is 0 Å². The van der Waals surface area contributed by atoms with Crippen LogP contribution in [0.3, 0.4) is 0 Å². The first-order valence-electron chi connectivity index (χ1n) is 6.03. The van der Waals surface area contributed by atoms with E-state index < -0.39 is 0 Å². The number of ketones is 1. The molecule has 0 bridgehead atoms. The molecule has 0 fully saturated rings. The Labute approximate surface area is 107 Å². The van der Waals surface area contributed by atoms with Crippen molar-refractivity contribution in [3.63, 3.8) is 0 Å². The van der Waals surface area contributed by atoms with Crippen LogP contribution in [0.15, 0.2) is 4.52 Å². The topological polar surface area (TPSA) is 74.5 Å². The van der Waals surface area contributed by atoms with Gasteiger partial charge < -0.3 is 14.0 Å². The quantitative estimate of drug-likeness (QED) is 0.702. The number of nitrogens with zero attached hydrogens (tertiary/aromatic N) is 2. The molecule has 0 saturated carbocycles. The molecule has 102 valence electrons. The molecule has 0 radical (unpaired) electrons. The molecule has 0 aliphatic heterocycles. The third kappa shape index (κ3) is 4.19. The highest BCUT2D eigenvalue weighted by molar-refractivity contribution is 5.81. The van der Waals surface area contributed by atoms with E-state index in [1.807, 2.05) is 20.8 Å². The number of ether oxygens (including phenoxy) is 2. The Morgan fingerprint density at radius 3 is 2.72 bits per heavy atom. The smallest absolute Gasteiger partial charge is 0.234 e. The summed E-state index contributed by atoms with van der Waals surface area (Å²) in [6.45, 7) is 6.59. The fourth-order valence-electron chi connectivity index (χ4n) is 1.58. The van der Waals surface area contributed by atoms with Gasteiger partial charge in [-0.2, -0.15) is 4.98 Å². The summed E-state index contributed by atoms with van der Waals surface area (Å²) < 4.78 is 15.3. The van der Waals surface area contributed by atoms with E-state index in [0.29, 0.717) is 18.3 Å². The minimum atomic E-state index is -0.204. The van der Waals surface area contributed by atoms with E-state index in [1.165, 1.54) is 7.11 Å². The molecular formula is C12H20N2O4. The van der Waals surface area contributed by atoms with Gasteiger partial charge in [0.1, 0.15) is 12.7 Å². The molecular weight excluding hydrogens is 236 g/mol. The molecule has 0 aromatic carbocycles. The van der Waals surface area contributed by atoms with Gasteiger partial charge in [-0.3, -0.25) is 4.79 Å². The van der Waals surface area contributed by atoms with E-state index >= 15 is 0 Å². The lowest BCUT2D eigenvalue weighted by Crippen LogP contribution is -2.13. The van der Waals surface area contributed by atoms with Crippen LogP contribution < -0.4 is 0 Å². The second-order valence-corrected chi connectivity index (χ2v) is 4.31. The molecule has 1 unspecified atom stereocenters. The first-order chi connectivity index (χ1) is 8.58. The summed E-state index contributed by atoms with van der Waals surface area (Å²) in [5, 5.41) is 3.87. The fourth-order valence-corrected chi connectivity index (χ4v) is 1.58. The molecule has 0 amide bonds. The van der Waals surface area contributed by atoms with Gasteiger partial charge in [0.05, 0.1) is 6.42 Å². The number of hydrogen-bond acceptors (Lipinski definition) is 6. The largest absolute Gasteiger partial charge is 0.377 e. The van der Waals surface area contributed by atoms with Gasteiger partial charge in [-0.25, -0.2) is 0 Å². The van der Waals surface area contributed by atoms with Gasteiger partial charge in [0.2, 0.25) is 11.7 Å². The fraction of sp³-hybridized carbons (Fsp3) is 0.750. The molecule has 0 aliphatic carbocycles. The highest BCUT2D eigenvalue weighted by Crippen LogP contribution is 2.23. The number of carbonyl (C=O) groups is 1. The zero-order valence-corrected chi connectivity index (χ0v) is 11.3. The lowest BCUT2D eigenvalue weighted by Gasteiger charge is -2.16. The molecule has 0 saturated heterocycles. The maximum atomic E-state index is 11.4. The van der Waals surface area contributed by atoms with Gasteiger partial charge in [0, 0.05) is 13.7 Å². The van der Waals surface area contributed by atoms with Gasteiger partial charge in [-0.15, -0.1) is 0 Å². The van der Waals surface area contributed by atoms with Crippen LogP contribution in [0.5, 0.6) is 0 Å². The maximum absolute atomic E-state index is 11.4. The van der Waals surface area contributed by atoms with Crippen molar-refractivity contribution in [2.24, 2.45) is 5.92 Å². The second-order valence-electron chi connectivity index (χ2n) is 4.31. The third-order valence-corrected chi connectivity index (χ3v) is 2.34. The molecule has 1 atom stereocenters. The summed E-state index contributed by atoms with van der Waals surface area (Å²) in [4.78, 5) is 15.6. The Morgan fingerprint density at radius 2 is 2.17 bits per heavy atom. The summed E-state index contributed by atoms with van der Waals surface area (Å²) in [6, 6.07) is 0. The minimum Gasteiger partial charge on any atom is -0.377 e. The Bertz CT molecular complexity index is 376. The van der Waals surface area contributed by atoms with E-state index in [4.69, 9.17) is 14.0 Å². The molecule has 0 N–H and O–H groups in total. The molecule has 0 aliphatic rings. The number of aromatic nitrogens is 2. The van der Waals surface area contributed by atoms with Crippen molar-refractivity contribution >= 4 is 5.78 Å². The van der Waals surface area contributed by atoms with E-state index in [9.17, 15) is 4.79 Å². The van der Waals surface area contributed by atoms with Crippen molar-refractivity contribution in [3.8, 4) is 0 Å². The average molecular weight is 256 g/mol. The summed E-state index contributed by atoms with van der Waals surface area (Å²) in [7, 11) is 1.47.